The SMILES string of the molecule is CC(Sc1nnc(-c2cccc(N)c2)n1C)C(=O)O. The lowest BCUT2D eigenvalue weighted by Crippen LogP contribution is -2.12. The van der Waals surface area contributed by atoms with Crippen LogP contribution in [0.25, 0.3) is 11.4 Å². The molecule has 1 aromatic heterocycles. The Morgan fingerprint density at radius 2 is 2.21 bits per heavy atom. The summed E-state index contributed by atoms with van der Waals surface area (Å²) in [5, 5.41) is 17.0. The Bertz CT molecular complexity index is 612. The van der Waals surface area contributed by atoms with E-state index < -0.39 is 11.2 Å². The van der Waals surface area contributed by atoms with Gasteiger partial charge >= 0.3 is 5.97 Å². The van der Waals surface area contributed by atoms with E-state index in [1.807, 2.05) is 12.1 Å². The van der Waals surface area contributed by atoms with Crippen LogP contribution in [0.15, 0.2) is 29.4 Å². The van der Waals surface area contributed by atoms with Crippen molar-refractivity contribution in [1.29, 1.82) is 0 Å². The predicted octanol–water partition coefficient (Wildman–Crippen LogP) is 1.63. The van der Waals surface area contributed by atoms with Gasteiger partial charge in [0.15, 0.2) is 11.0 Å². The molecule has 0 saturated heterocycles. The maximum atomic E-state index is 10.8. The highest BCUT2D eigenvalue weighted by Gasteiger charge is 2.18. The van der Waals surface area contributed by atoms with Crippen molar-refractivity contribution in [3.63, 3.8) is 0 Å². The lowest BCUT2D eigenvalue weighted by atomic mass is 10.2. The Morgan fingerprint density at radius 1 is 1.47 bits per heavy atom. The highest BCUT2D eigenvalue weighted by atomic mass is 32.2. The maximum absolute atomic E-state index is 10.8. The summed E-state index contributed by atoms with van der Waals surface area (Å²) in [4.78, 5) is 10.8. The third-order valence-electron chi connectivity index (χ3n) is 2.61. The molecule has 6 nitrogen and oxygen atoms in total. The van der Waals surface area contributed by atoms with Crippen LogP contribution in [-0.4, -0.2) is 31.1 Å². The van der Waals surface area contributed by atoms with Crippen molar-refractivity contribution in [2.24, 2.45) is 7.05 Å². The van der Waals surface area contributed by atoms with Crippen molar-refractivity contribution in [1.82, 2.24) is 14.8 Å². The molecule has 0 fully saturated rings. The van der Waals surface area contributed by atoms with E-state index in [0.29, 0.717) is 16.7 Å². The number of aromatic nitrogens is 3. The van der Waals surface area contributed by atoms with E-state index in [0.717, 1.165) is 17.3 Å². The first-order valence-corrected chi connectivity index (χ1v) is 6.51. The van der Waals surface area contributed by atoms with E-state index in [4.69, 9.17) is 10.8 Å². The highest BCUT2D eigenvalue weighted by Crippen LogP contribution is 2.26. The summed E-state index contributed by atoms with van der Waals surface area (Å²) in [7, 11) is 1.80. The third kappa shape index (κ3) is 2.87. The van der Waals surface area contributed by atoms with E-state index >= 15 is 0 Å². The summed E-state index contributed by atoms with van der Waals surface area (Å²) >= 11 is 1.16. The van der Waals surface area contributed by atoms with Gasteiger partial charge in [0, 0.05) is 18.3 Å². The third-order valence-corrected chi connectivity index (χ3v) is 3.73. The van der Waals surface area contributed by atoms with Crippen LogP contribution in [0.2, 0.25) is 0 Å². The van der Waals surface area contributed by atoms with Crippen molar-refractivity contribution >= 4 is 23.4 Å². The molecule has 1 atom stereocenters. The monoisotopic (exact) mass is 278 g/mol. The van der Waals surface area contributed by atoms with E-state index in [1.165, 1.54) is 0 Å². The molecule has 0 amide bonds. The molecule has 0 aliphatic rings. The molecule has 19 heavy (non-hydrogen) atoms. The summed E-state index contributed by atoms with van der Waals surface area (Å²) in [5.41, 5.74) is 7.23. The van der Waals surface area contributed by atoms with Crippen molar-refractivity contribution < 1.29 is 9.90 Å². The minimum absolute atomic E-state index is 0.562. The van der Waals surface area contributed by atoms with Gasteiger partial charge in [0.25, 0.3) is 0 Å². The normalized spacial score (nSPS) is 12.3. The number of carboxylic acid groups (broad SMARTS) is 1. The molecule has 2 rings (SSSR count). The molecule has 1 aromatic carbocycles. The van der Waals surface area contributed by atoms with Crippen LogP contribution in [-0.2, 0) is 11.8 Å². The van der Waals surface area contributed by atoms with Gasteiger partial charge in [-0.2, -0.15) is 0 Å². The fourth-order valence-electron chi connectivity index (χ4n) is 1.56. The number of hydrogen-bond donors (Lipinski definition) is 2. The fourth-order valence-corrected chi connectivity index (χ4v) is 2.30. The van der Waals surface area contributed by atoms with Gasteiger partial charge in [-0.1, -0.05) is 23.9 Å². The molecule has 0 spiro atoms. The Balaban J connectivity index is 2.30. The minimum Gasteiger partial charge on any atom is -0.480 e. The van der Waals surface area contributed by atoms with E-state index in [2.05, 4.69) is 10.2 Å². The number of nitrogens with two attached hydrogens (primary N) is 1. The van der Waals surface area contributed by atoms with Crippen molar-refractivity contribution in [3.05, 3.63) is 24.3 Å². The highest BCUT2D eigenvalue weighted by molar-refractivity contribution is 8.00. The van der Waals surface area contributed by atoms with Gasteiger partial charge in [0.2, 0.25) is 0 Å². The van der Waals surface area contributed by atoms with Gasteiger partial charge in [-0.25, -0.2) is 0 Å². The zero-order valence-corrected chi connectivity index (χ0v) is 11.4. The number of hydrogen-bond acceptors (Lipinski definition) is 5. The molecule has 0 saturated carbocycles. The largest absolute Gasteiger partial charge is 0.480 e. The second-order valence-electron chi connectivity index (χ2n) is 4.09. The standard InChI is InChI=1S/C12H14N4O2S/c1-7(11(17)18)19-12-15-14-10(16(12)2)8-4-3-5-9(13)6-8/h3-7H,13H2,1-2H3,(H,17,18). The molecule has 0 radical (unpaired) electrons. The molecule has 7 heteroatoms. The van der Waals surface area contributed by atoms with Crippen LogP contribution in [0.3, 0.4) is 0 Å². The molecule has 1 unspecified atom stereocenters. The Morgan fingerprint density at radius 3 is 2.84 bits per heavy atom. The summed E-state index contributed by atoms with van der Waals surface area (Å²) < 4.78 is 1.76. The number of anilines is 1. The average molecular weight is 278 g/mol. The number of rotatable bonds is 4. The molecule has 1 heterocycles. The van der Waals surface area contributed by atoms with Gasteiger partial charge in [0.1, 0.15) is 5.25 Å². The Labute approximate surface area is 114 Å². The summed E-state index contributed by atoms with van der Waals surface area (Å²) in [5.74, 6) is -0.217. The first kappa shape index (κ1) is 13.4. The van der Waals surface area contributed by atoms with Crippen LogP contribution in [0.1, 0.15) is 6.92 Å². The zero-order chi connectivity index (χ0) is 14.0. The molecule has 2 aromatic rings. The Kier molecular flexibility index (Phi) is 3.75. The fraction of sp³-hybridized carbons (Fsp3) is 0.250. The van der Waals surface area contributed by atoms with Gasteiger partial charge in [-0.05, 0) is 19.1 Å². The number of aliphatic carboxylic acids is 1. The van der Waals surface area contributed by atoms with Gasteiger partial charge in [-0.3, -0.25) is 4.79 Å². The average Bonchev–Trinajstić information content (AvgIpc) is 2.71. The van der Waals surface area contributed by atoms with Gasteiger partial charge in [0.05, 0.1) is 0 Å². The molecule has 0 aliphatic heterocycles. The number of nitrogen functional groups attached to an aromatic ring is 1. The summed E-state index contributed by atoms with van der Waals surface area (Å²) in [6, 6.07) is 7.32. The summed E-state index contributed by atoms with van der Waals surface area (Å²) in [6.45, 7) is 1.61. The van der Waals surface area contributed by atoms with Crippen LogP contribution in [0, 0.1) is 0 Å². The second kappa shape index (κ2) is 5.31. The van der Waals surface area contributed by atoms with Crippen molar-refractivity contribution in [2.45, 2.75) is 17.3 Å². The first-order chi connectivity index (χ1) is 8.99. The number of thioether (sulfide) groups is 1. The zero-order valence-electron chi connectivity index (χ0n) is 10.6. The van der Waals surface area contributed by atoms with Gasteiger partial charge < -0.3 is 15.4 Å². The summed E-state index contributed by atoms with van der Waals surface area (Å²) in [6.07, 6.45) is 0. The molecule has 0 bridgehead atoms. The van der Waals surface area contributed by atoms with Gasteiger partial charge in [-0.15, -0.1) is 10.2 Å². The van der Waals surface area contributed by atoms with E-state index in [1.54, 1.807) is 30.7 Å². The van der Waals surface area contributed by atoms with Crippen LogP contribution < -0.4 is 5.73 Å². The molecule has 100 valence electrons. The lowest BCUT2D eigenvalue weighted by Gasteiger charge is -2.06. The van der Waals surface area contributed by atoms with E-state index in [-0.39, 0.29) is 0 Å². The van der Waals surface area contributed by atoms with Crippen molar-refractivity contribution in [2.75, 3.05) is 5.73 Å². The maximum Gasteiger partial charge on any atom is 0.316 e. The minimum atomic E-state index is -0.876. The van der Waals surface area contributed by atoms with Crippen LogP contribution in [0.5, 0.6) is 0 Å². The first-order valence-electron chi connectivity index (χ1n) is 5.64. The molecule has 0 aliphatic carbocycles. The number of carbonyl (C=O) groups is 1. The molecular weight excluding hydrogens is 264 g/mol. The topological polar surface area (TPSA) is 94.0 Å². The number of benzene rings is 1. The molecule has 3 N–H and O–H groups in total. The van der Waals surface area contributed by atoms with Crippen LogP contribution in [0.4, 0.5) is 5.69 Å². The quantitative estimate of drug-likeness (QED) is 0.652. The predicted molar refractivity (Wildman–Crippen MR) is 73.8 cm³/mol. The lowest BCUT2D eigenvalue weighted by molar-refractivity contribution is -0.136. The smallest absolute Gasteiger partial charge is 0.316 e. The molecular formula is C12H14N4O2S. The Hall–Kier alpha value is -2.02. The number of nitrogens with zero attached hydrogens (tertiary/aromatic N) is 3. The number of carboxylic acids is 1. The van der Waals surface area contributed by atoms with Crippen LogP contribution >= 0.6 is 11.8 Å². The van der Waals surface area contributed by atoms with E-state index in [9.17, 15) is 4.79 Å². The second-order valence-corrected chi connectivity index (χ2v) is 5.40. The van der Waals surface area contributed by atoms with Crippen molar-refractivity contribution in [3.8, 4) is 11.4 Å².